The van der Waals surface area contributed by atoms with Crippen molar-refractivity contribution in [3.8, 4) is 0 Å². The monoisotopic (exact) mass is 234 g/mol. The average molecular weight is 234 g/mol. The highest BCUT2D eigenvalue weighted by molar-refractivity contribution is 5.51. The van der Waals surface area contributed by atoms with Crippen molar-refractivity contribution in [2.45, 2.75) is 66.2 Å². The standard InChI is InChI=1S/C16H26O/c1-12-14-13(6-5-8-15(14,2)3)7-9-16(12,4)10-11-17/h11-12H,5-10H2,1-4H3. The van der Waals surface area contributed by atoms with Gasteiger partial charge in [-0.05, 0) is 48.9 Å². The van der Waals surface area contributed by atoms with Crippen molar-refractivity contribution >= 4 is 6.29 Å². The lowest BCUT2D eigenvalue weighted by atomic mass is 9.56. The zero-order valence-corrected chi connectivity index (χ0v) is 11.8. The van der Waals surface area contributed by atoms with Gasteiger partial charge in [-0.1, -0.05) is 38.8 Å². The van der Waals surface area contributed by atoms with Crippen LogP contribution in [0, 0.1) is 16.7 Å². The Labute approximate surface area is 106 Å². The Bertz CT molecular complexity index is 351. The molecule has 2 atom stereocenters. The van der Waals surface area contributed by atoms with Crippen LogP contribution in [0.25, 0.3) is 0 Å². The van der Waals surface area contributed by atoms with Gasteiger partial charge < -0.3 is 4.79 Å². The van der Waals surface area contributed by atoms with E-state index in [-0.39, 0.29) is 5.41 Å². The second-order valence-corrected chi connectivity index (χ2v) is 7.00. The summed E-state index contributed by atoms with van der Waals surface area (Å²) < 4.78 is 0. The van der Waals surface area contributed by atoms with E-state index >= 15 is 0 Å². The molecular weight excluding hydrogens is 208 g/mol. The predicted molar refractivity (Wildman–Crippen MR) is 71.8 cm³/mol. The van der Waals surface area contributed by atoms with Gasteiger partial charge >= 0.3 is 0 Å². The van der Waals surface area contributed by atoms with E-state index in [0.717, 1.165) is 12.7 Å². The van der Waals surface area contributed by atoms with E-state index in [2.05, 4.69) is 27.7 Å². The zero-order chi connectivity index (χ0) is 12.7. The van der Waals surface area contributed by atoms with Crippen LogP contribution in [-0.4, -0.2) is 6.29 Å². The third-order valence-corrected chi connectivity index (χ3v) is 5.42. The Balaban J connectivity index is 2.38. The summed E-state index contributed by atoms with van der Waals surface area (Å²) in [6.07, 6.45) is 8.24. The molecule has 0 saturated carbocycles. The molecule has 0 amide bonds. The molecule has 2 aliphatic rings. The Morgan fingerprint density at radius 1 is 1.24 bits per heavy atom. The van der Waals surface area contributed by atoms with Gasteiger partial charge in [-0.25, -0.2) is 0 Å². The average Bonchev–Trinajstić information content (AvgIpc) is 2.23. The summed E-state index contributed by atoms with van der Waals surface area (Å²) in [5, 5.41) is 0. The minimum Gasteiger partial charge on any atom is -0.303 e. The molecule has 2 unspecified atom stereocenters. The van der Waals surface area contributed by atoms with E-state index in [9.17, 15) is 4.79 Å². The summed E-state index contributed by atoms with van der Waals surface area (Å²) in [5.74, 6) is 0.576. The van der Waals surface area contributed by atoms with Crippen LogP contribution < -0.4 is 0 Å². The number of carbonyl (C=O) groups is 1. The molecule has 0 saturated heterocycles. The van der Waals surface area contributed by atoms with Gasteiger partial charge in [0.15, 0.2) is 0 Å². The van der Waals surface area contributed by atoms with Crippen LogP contribution in [0.1, 0.15) is 66.2 Å². The van der Waals surface area contributed by atoms with Gasteiger partial charge in [-0.15, -0.1) is 0 Å². The summed E-state index contributed by atoms with van der Waals surface area (Å²) in [7, 11) is 0. The van der Waals surface area contributed by atoms with Crippen LogP contribution in [0.5, 0.6) is 0 Å². The van der Waals surface area contributed by atoms with E-state index in [1.54, 1.807) is 11.1 Å². The summed E-state index contributed by atoms with van der Waals surface area (Å²) in [6, 6.07) is 0. The normalized spacial score (nSPS) is 36.6. The lowest BCUT2D eigenvalue weighted by molar-refractivity contribution is -0.110. The van der Waals surface area contributed by atoms with Gasteiger partial charge in [0.05, 0.1) is 0 Å². The first-order valence-corrected chi connectivity index (χ1v) is 7.07. The fourth-order valence-electron chi connectivity index (χ4n) is 4.11. The molecule has 0 aromatic carbocycles. The number of hydrogen-bond donors (Lipinski definition) is 0. The van der Waals surface area contributed by atoms with Crippen LogP contribution in [0.15, 0.2) is 11.1 Å². The highest BCUT2D eigenvalue weighted by atomic mass is 16.1. The maximum atomic E-state index is 10.9. The number of allylic oxidation sites excluding steroid dienone is 2. The fraction of sp³-hybridized carbons (Fsp3) is 0.812. The number of carbonyl (C=O) groups excluding carboxylic acids is 1. The number of rotatable bonds is 2. The highest BCUT2D eigenvalue weighted by Crippen LogP contribution is 2.55. The lowest BCUT2D eigenvalue weighted by Crippen LogP contribution is -2.38. The molecule has 0 spiro atoms. The topological polar surface area (TPSA) is 17.1 Å². The maximum Gasteiger partial charge on any atom is 0.120 e. The van der Waals surface area contributed by atoms with Gasteiger partial charge in [-0.3, -0.25) is 0 Å². The molecule has 1 heteroatoms. The van der Waals surface area contributed by atoms with Crippen molar-refractivity contribution in [3.05, 3.63) is 11.1 Å². The third-order valence-electron chi connectivity index (χ3n) is 5.42. The molecule has 2 rings (SSSR count). The molecule has 0 N–H and O–H groups in total. The van der Waals surface area contributed by atoms with E-state index in [1.807, 2.05) is 0 Å². The molecule has 0 aromatic rings. The van der Waals surface area contributed by atoms with E-state index < -0.39 is 0 Å². The zero-order valence-electron chi connectivity index (χ0n) is 11.8. The predicted octanol–water partition coefficient (Wildman–Crippen LogP) is 4.52. The van der Waals surface area contributed by atoms with Crippen molar-refractivity contribution in [1.29, 1.82) is 0 Å². The van der Waals surface area contributed by atoms with Crippen molar-refractivity contribution in [3.63, 3.8) is 0 Å². The van der Waals surface area contributed by atoms with Gasteiger partial charge in [-0.2, -0.15) is 0 Å². The maximum absolute atomic E-state index is 10.9. The van der Waals surface area contributed by atoms with Gasteiger partial charge in [0.2, 0.25) is 0 Å². The number of aldehydes is 1. The summed E-state index contributed by atoms with van der Waals surface area (Å²) in [5.41, 5.74) is 3.98. The molecule has 0 aromatic heterocycles. The molecule has 96 valence electrons. The molecule has 0 heterocycles. The lowest BCUT2D eigenvalue weighted by Gasteiger charge is -2.49. The summed E-state index contributed by atoms with van der Waals surface area (Å²) in [4.78, 5) is 10.9. The second kappa shape index (κ2) is 4.26. The Hall–Kier alpha value is -0.590. The van der Waals surface area contributed by atoms with Crippen LogP contribution in [-0.2, 0) is 4.79 Å². The molecule has 0 fully saturated rings. The minimum atomic E-state index is 0.204. The van der Waals surface area contributed by atoms with Crippen LogP contribution in [0.4, 0.5) is 0 Å². The summed E-state index contributed by atoms with van der Waals surface area (Å²) in [6.45, 7) is 9.45. The Kier molecular flexibility index (Phi) is 3.22. The summed E-state index contributed by atoms with van der Waals surface area (Å²) >= 11 is 0. The van der Waals surface area contributed by atoms with Gasteiger partial charge in [0.25, 0.3) is 0 Å². The first kappa shape index (κ1) is 12.9. The van der Waals surface area contributed by atoms with Crippen LogP contribution in [0.3, 0.4) is 0 Å². The van der Waals surface area contributed by atoms with E-state index in [0.29, 0.717) is 11.3 Å². The van der Waals surface area contributed by atoms with E-state index in [4.69, 9.17) is 0 Å². The molecule has 0 aliphatic heterocycles. The van der Waals surface area contributed by atoms with Crippen LogP contribution >= 0.6 is 0 Å². The minimum absolute atomic E-state index is 0.204. The van der Waals surface area contributed by atoms with Crippen molar-refractivity contribution in [2.24, 2.45) is 16.7 Å². The highest BCUT2D eigenvalue weighted by Gasteiger charge is 2.43. The SMILES string of the molecule is CC1C2=C(CCCC2(C)C)CCC1(C)CC=O. The smallest absolute Gasteiger partial charge is 0.120 e. The molecular formula is C16H26O. The van der Waals surface area contributed by atoms with Crippen LogP contribution in [0.2, 0.25) is 0 Å². The first-order valence-electron chi connectivity index (χ1n) is 7.07. The van der Waals surface area contributed by atoms with E-state index in [1.165, 1.54) is 32.1 Å². The Morgan fingerprint density at radius 3 is 2.59 bits per heavy atom. The molecule has 2 aliphatic carbocycles. The quantitative estimate of drug-likeness (QED) is 0.507. The third kappa shape index (κ3) is 2.09. The molecule has 0 bridgehead atoms. The molecule has 0 radical (unpaired) electrons. The number of hydrogen-bond acceptors (Lipinski definition) is 1. The van der Waals surface area contributed by atoms with Gasteiger partial charge in [0.1, 0.15) is 6.29 Å². The first-order chi connectivity index (χ1) is 7.91. The molecule has 17 heavy (non-hydrogen) atoms. The van der Waals surface area contributed by atoms with Crippen molar-refractivity contribution < 1.29 is 4.79 Å². The van der Waals surface area contributed by atoms with Crippen molar-refractivity contribution in [2.75, 3.05) is 0 Å². The Morgan fingerprint density at radius 2 is 1.94 bits per heavy atom. The molecule has 1 nitrogen and oxygen atoms in total. The van der Waals surface area contributed by atoms with Gasteiger partial charge in [0, 0.05) is 6.42 Å². The largest absolute Gasteiger partial charge is 0.303 e. The fourth-order valence-corrected chi connectivity index (χ4v) is 4.11. The van der Waals surface area contributed by atoms with Crippen molar-refractivity contribution in [1.82, 2.24) is 0 Å². The second-order valence-electron chi connectivity index (χ2n) is 7.00.